The molecule has 0 aliphatic carbocycles. The molecule has 2 heterocycles. The first kappa shape index (κ1) is 31.6. The average molecular weight is 552 g/mol. The first-order valence-corrected chi connectivity index (χ1v) is 14.6. The molecule has 9 nitrogen and oxygen atoms in total. The molecule has 4 atom stereocenters. The van der Waals surface area contributed by atoms with E-state index in [0.29, 0.717) is 23.7 Å². The molecule has 1 amide bonds. The summed E-state index contributed by atoms with van der Waals surface area (Å²) in [4.78, 5) is 12.8. The number of methoxy groups -OCH3 is 2. The molecular formula is C30H49NO8. The summed E-state index contributed by atoms with van der Waals surface area (Å²) in [6, 6.07) is 4.92. The second kappa shape index (κ2) is 15.2. The smallest absolute Gasteiger partial charge is 0.251 e. The molecule has 0 aromatic heterocycles. The Morgan fingerprint density at radius 3 is 2.23 bits per heavy atom. The molecule has 2 aliphatic heterocycles. The van der Waals surface area contributed by atoms with Gasteiger partial charge in [-0.3, -0.25) is 4.79 Å². The number of aliphatic hydroxyl groups is 1. The van der Waals surface area contributed by atoms with Gasteiger partial charge in [-0.25, -0.2) is 0 Å². The van der Waals surface area contributed by atoms with Gasteiger partial charge in [0.1, 0.15) is 24.9 Å². The second-order valence-electron chi connectivity index (χ2n) is 11.0. The first-order chi connectivity index (χ1) is 18.7. The lowest BCUT2D eigenvalue weighted by atomic mass is 10.1. The monoisotopic (exact) mass is 551 g/mol. The van der Waals surface area contributed by atoms with Gasteiger partial charge in [-0.15, -0.1) is 0 Å². The fraction of sp³-hybridized carbons (Fsp3) is 0.767. The maximum absolute atomic E-state index is 12.8. The van der Waals surface area contributed by atoms with Crippen LogP contribution in [0.25, 0.3) is 0 Å². The number of aliphatic hydroxyl groups excluding tert-OH is 1. The summed E-state index contributed by atoms with van der Waals surface area (Å²) in [6.45, 7) is 6.65. The van der Waals surface area contributed by atoms with Gasteiger partial charge in [-0.2, -0.15) is 0 Å². The highest BCUT2D eigenvalue weighted by Crippen LogP contribution is 2.45. The van der Waals surface area contributed by atoms with E-state index in [1.165, 1.54) is 65.6 Å². The highest BCUT2D eigenvalue weighted by atomic mass is 16.9. The summed E-state index contributed by atoms with van der Waals surface area (Å²) in [5.74, 6) is -1.47. The number of rotatable bonds is 18. The van der Waals surface area contributed by atoms with Gasteiger partial charge in [0.15, 0.2) is 17.3 Å². The number of benzene rings is 1. The van der Waals surface area contributed by atoms with Crippen LogP contribution in [0.1, 0.15) is 95.3 Å². The maximum atomic E-state index is 12.8. The maximum Gasteiger partial charge on any atom is 0.251 e. The zero-order chi connectivity index (χ0) is 28.3. The van der Waals surface area contributed by atoms with Crippen molar-refractivity contribution in [2.75, 3.05) is 34.0 Å². The highest BCUT2D eigenvalue weighted by Gasteiger charge is 2.64. The van der Waals surface area contributed by atoms with Crippen molar-refractivity contribution in [3.05, 3.63) is 23.8 Å². The van der Waals surface area contributed by atoms with Gasteiger partial charge in [0.25, 0.3) is 5.91 Å². The number of carbonyl (C=O) groups excluding carboxylic acids is 1. The molecule has 1 aromatic carbocycles. The number of hydrogen-bond acceptors (Lipinski definition) is 8. The number of carbonyl (C=O) groups is 1. The molecule has 0 spiro atoms. The molecule has 0 radical (unpaired) electrons. The summed E-state index contributed by atoms with van der Waals surface area (Å²) in [5, 5.41) is 13.8. The third-order valence-corrected chi connectivity index (χ3v) is 7.36. The molecule has 1 aromatic rings. The number of fused-ring (bicyclic) bond motifs is 1. The number of unbranched alkanes of at least 4 members (excludes halogenated alkanes) is 9. The van der Waals surface area contributed by atoms with Gasteiger partial charge >= 0.3 is 0 Å². The van der Waals surface area contributed by atoms with Crippen LogP contribution in [0.3, 0.4) is 0 Å². The van der Waals surface area contributed by atoms with Crippen LogP contribution in [-0.4, -0.2) is 74.9 Å². The Labute approximate surface area is 233 Å². The molecule has 39 heavy (non-hydrogen) atoms. The lowest BCUT2D eigenvalue weighted by Gasteiger charge is -2.28. The van der Waals surface area contributed by atoms with Crippen LogP contribution >= 0.6 is 0 Å². The summed E-state index contributed by atoms with van der Waals surface area (Å²) < 4.78 is 34.8. The fourth-order valence-corrected chi connectivity index (χ4v) is 5.32. The van der Waals surface area contributed by atoms with Crippen LogP contribution in [0.2, 0.25) is 0 Å². The van der Waals surface area contributed by atoms with Crippen LogP contribution in [0, 0.1) is 0 Å². The molecule has 2 aliphatic rings. The highest BCUT2D eigenvalue weighted by molar-refractivity contribution is 5.94. The molecule has 3 rings (SSSR count). The van der Waals surface area contributed by atoms with E-state index in [1.54, 1.807) is 32.0 Å². The van der Waals surface area contributed by atoms with Gasteiger partial charge in [0, 0.05) is 18.7 Å². The van der Waals surface area contributed by atoms with E-state index in [0.717, 1.165) is 12.8 Å². The normalized spacial score (nSPS) is 25.4. The topological polar surface area (TPSA) is 105 Å². The Bertz CT molecular complexity index is 894. The number of ether oxygens (including phenoxy) is 6. The van der Waals surface area contributed by atoms with Crippen molar-refractivity contribution in [1.29, 1.82) is 0 Å². The van der Waals surface area contributed by atoms with Crippen molar-refractivity contribution >= 4 is 5.91 Å². The predicted molar refractivity (Wildman–Crippen MR) is 148 cm³/mol. The van der Waals surface area contributed by atoms with Crippen LogP contribution in [0.5, 0.6) is 11.5 Å². The Hall–Kier alpha value is -1.91. The molecule has 2 saturated heterocycles. The van der Waals surface area contributed by atoms with Gasteiger partial charge in [-0.05, 0) is 38.5 Å². The zero-order valence-corrected chi connectivity index (χ0v) is 24.5. The summed E-state index contributed by atoms with van der Waals surface area (Å²) in [6.07, 6.45) is 10.2. The Balaban J connectivity index is 1.43. The Morgan fingerprint density at radius 1 is 0.949 bits per heavy atom. The van der Waals surface area contributed by atoms with Gasteiger partial charge in [0.05, 0.1) is 14.2 Å². The molecule has 9 heteroatoms. The number of nitrogens with one attached hydrogen (secondary N) is 1. The van der Waals surface area contributed by atoms with Crippen molar-refractivity contribution in [2.45, 2.75) is 115 Å². The van der Waals surface area contributed by atoms with Crippen molar-refractivity contribution in [2.24, 2.45) is 0 Å². The van der Waals surface area contributed by atoms with E-state index >= 15 is 0 Å². The van der Waals surface area contributed by atoms with Crippen molar-refractivity contribution in [3.63, 3.8) is 0 Å². The van der Waals surface area contributed by atoms with Gasteiger partial charge in [-0.1, -0.05) is 64.7 Å². The van der Waals surface area contributed by atoms with Crippen LogP contribution in [0.15, 0.2) is 18.2 Å². The first-order valence-electron chi connectivity index (χ1n) is 14.6. The van der Waals surface area contributed by atoms with Gasteiger partial charge < -0.3 is 38.8 Å². The molecule has 2 fully saturated rings. The van der Waals surface area contributed by atoms with E-state index in [2.05, 4.69) is 12.2 Å². The third kappa shape index (κ3) is 8.79. The SMILES string of the molecule is CCCCCCCCCCCCOC[C@@]12O[C@@H](CNC(=O)c3ccc(OC)c(OC)c3)[C@@H](O)[C@@H]1OC(C)(C)O2. The summed E-state index contributed by atoms with van der Waals surface area (Å²) >= 11 is 0. The quantitative estimate of drug-likeness (QED) is 0.246. The van der Waals surface area contributed by atoms with E-state index in [-0.39, 0.29) is 19.1 Å². The minimum Gasteiger partial charge on any atom is -0.493 e. The van der Waals surface area contributed by atoms with E-state index in [1.807, 2.05) is 0 Å². The lowest BCUT2D eigenvalue weighted by molar-refractivity contribution is -0.277. The Morgan fingerprint density at radius 2 is 1.59 bits per heavy atom. The van der Waals surface area contributed by atoms with Crippen molar-refractivity contribution in [3.8, 4) is 11.5 Å². The molecule has 222 valence electrons. The molecule has 0 saturated carbocycles. The largest absolute Gasteiger partial charge is 0.493 e. The minimum absolute atomic E-state index is 0.0815. The molecule has 0 bridgehead atoms. The minimum atomic E-state index is -1.22. The van der Waals surface area contributed by atoms with Crippen molar-refractivity contribution in [1.82, 2.24) is 5.32 Å². The predicted octanol–water partition coefficient (Wildman–Crippen LogP) is 4.98. The van der Waals surface area contributed by atoms with Gasteiger partial charge in [0.2, 0.25) is 5.79 Å². The zero-order valence-electron chi connectivity index (χ0n) is 24.5. The average Bonchev–Trinajstić information content (AvgIpc) is 3.33. The van der Waals surface area contributed by atoms with E-state index < -0.39 is 29.9 Å². The number of hydrogen-bond donors (Lipinski definition) is 2. The van der Waals surface area contributed by atoms with Crippen LogP contribution in [-0.2, 0) is 18.9 Å². The fourth-order valence-electron chi connectivity index (χ4n) is 5.32. The standard InChI is InChI=1S/C30H49NO8/c1-6-7-8-9-10-11-12-13-14-15-18-36-21-30-27(38-29(2,3)39-30)26(32)25(37-30)20-31-28(33)22-16-17-23(34-4)24(19-22)35-5/h16-17,19,25-27,32H,6-15,18,20-21H2,1-5H3,(H,31,33)/t25-,26+,27-,30-/m0/s1. The van der Waals surface area contributed by atoms with Crippen LogP contribution in [0.4, 0.5) is 0 Å². The lowest BCUT2D eigenvalue weighted by Crippen LogP contribution is -2.45. The Kier molecular flexibility index (Phi) is 12.3. The van der Waals surface area contributed by atoms with Crippen molar-refractivity contribution < 1.29 is 38.3 Å². The molecule has 2 N–H and O–H groups in total. The van der Waals surface area contributed by atoms with E-state index in [4.69, 9.17) is 28.4 Å². The second-order valence-corrected chi connectivity index (χ2v) is 11.0. The number of amides is 1. The van der Waals surface area contributed by atoms with E-state index in [9.17, 15) is 9.90 Å². The summed E-state index contributed by atoms with van der Waals surface area (Å²) in [5.41, 5.74) is 0.406. The van der Waals surface area contributed by atoms with Crippen LogP contribution < -0.4 is 14.8 Å². The third-order valence-electron chi connectivity index (χ3n) is 7.36. The summed E-state index contributed by atoms with van der Waals surface area (Å²) in [7, 11) is 3.05. The molecular weight excluding hydrogens is 502 g/mol. The molecule has 0 unspecified atom stereocenters.